The number of halogens is 1. The molecule has 0 unspecified atom stereocenters. The lowest BCUT2D eigenvalue weighted by atomic mass is 10.1. The average Bonchev–Trinajstić information content (AvgIpc) is 2.15. The van der Waals surface area contributed by atoms with Gasteiger partial charge in [-0.2, -0.15) is 0 Å². The maximum Gasteiger partial charge on any atom is 0.338 e. The number of rotatable bonds is 2. The monoisotopic (exact) mass is 243 g/mol. The van der Waals surface area contributed by atoms with Crippen molar-refractivity contribution in [2.45, 2.75) is 32.9 Å². The summed E-state index contributed by atoms with van der Waals surface area (Å²) in [6.07, 6.45) is 0. The molecule has 2 N–H and O–H groups in total. The van der Waals surface area contributed by atoms with Crippen molar-refractivity contribution in [1.82, 2.24) is 0 Å². The summed E-state index contributed by atoms with van der Waals surface area (Å²) in [7, 11) is 0. The van der Waals surface area contributed by atoms with E-state index in [2.05, 4.69) is 0 Å². The largest absolute Gasteiger partial charge is 0.456 e. The van der Waals surface area contributed by atoms with E-state index in [1.54, 1.807) is 12.1 Å². The SMILES string of the molecule is CC(C)(C)OC(=O)c1ccc(CN)cc1.Cl. The van der Waals surface area contributed by atoms with Gasteiger partial charge in [0.2, 0.25) is 0 Å². The minimum absolute atomic E-state index is 0. The number of carbonyl (C=O) groups is 1. The van der Waals surface area contributed by atoms with E-state index >= 15 is 0 Å². The topological polar surface area (TPSA) is 52.3 Å². The lowest BCUT2D eigenvalue weighted by Crippen LogP contribution is -2.23. The molecule has 0 atom stereocenters. The van der Waals surface area contributed by atoms with Crippen LogP contribution in [0.15, 0.2) is 24.3 Å². The van der Waals surface area contributed by atoms with Gasteiger partial charge in [-0.3, -0.25) is 0 Å². The Labute approximate surface area is 102 Å². The molecule has 3 nitrogen and oxygen atoms in total. The van der Waals surface area contributed by atoms with Gasteiger partial charge in [0.15, 0.2) is 0 Å². The van der Waals surface area contributed by atoms with E-state index in [1.807, 2.05) is 32.9 Å². The first kappa shape index (κ1) is 14.9. The van der Waals surface area contributed by atoms with Gasteiger partial charge in [0.1, 0.15) is 5.60 Å². The highest BCUT2D eigenvalue weighted by Crippen LogP contribution is 2.12. The molecule has 90 valence electrons. The van der Waals surface area contributed by atoms with E-state index in [1.165, 1.54) is 0 Å². The molecule has 0 saturated carbocycles. The van der Waals surface area contributed by atoms with E-state index in [-0.39, 0.29) is 18.4 Å². The Morgan fingerprint density at radius 3 is 2.12 bits per heavy atom. The Kier molecular flexibility index (Phi) is 5.48. The summed E-state index contributed by atoms with van der Waals surface area (Å²) in [6.45, 7) is 6.02. The summed E-state index contributed by atoms with van der Waals surface area (Å²) in [5, 5.41) is 0. The molecule has 0 spiro atoms. The first-order chi connectivity index (χ1) is 6.92. The maximum atomic E-state index is 11.6. The zero-order valence-electron chi connectivity index (χ0n) is 9.82. The quantitative estimate of drug-likeness (QED) is 0.812. The highest BCUT2D eigenvalue weighted by Gasteiger charge is 2.17. The van der Waals surface area contributed by atoms with Gasteiger partial charge in [0.25, 0.3) is 0 Å². The molecule has 0 bridgehead atoms. The standard InChI is InChI=1S/C12H17NO2.ClH/c1-12(2,3)15-11(14)10-6-4-9(8-13)5-7-10;/h4-7H,8,13H2,1-3H3;1H. The second kappa shape index (κ2) is 5.87. The van der Waals surface area contributed by atoms with Crippen molar-refractivity contribution >= 4 is 18.4 Å². The van der Waals surface area contributed by atoms with Crippen LogP contribution in [-0.2, 0) is 11.3 Å². The van der Waals surface area contributed by atoms with Crippen LogP contribution in [0.2, 0.25) is 0 Å². The smallest absolute Gasteiger partial charge is 0.338 e. The average molecular weight is 244 g/mol. The minimum atomic E-state index is -0.455. The van der Waals surface area contributed by atoms with Gasteiger partial charge in [0, 0.05) is 6.54 Å². The van der Waals surface area contributed by atoms with Crippen LogP contribution >= 0.6 is 12.4 Å². The number of hydrogen-bond acceptors (Lipinski definition) is 3. The van der Waals surface area contributed by atoms with Crippen molar-refractivity contribution < 1.29 is 9.53 Å². The van der Waals surface area contributed by atoms with Crippen molar-refractivity contribution in [3.05, 3.63) is 35.4 Å². The van der Waals surface area contributed by atoms with E-state index in [0.717, 1.165) is 5.56 Å². The molecule has 16 heavy (non-hydrogen) atoms. The summed E-state index contributed by atoms with van der Waals surface area (Å²) in [5.74, 6) is -0.300. The summed E-state index contributed by atoms with van der Waals surface area (Å²) in [6, 6.07) is 7.13. The molecule has 0 heterocycles. The molecule has 0 radical (unpaired) electrons. The maximum absolute atomic E-state index is 11.6. The highest BCUT2D eigenvalue weighted by atomic mass is 35.5. The van der Waals surface area contributed by atoms with Crippen LogP contribution in [0.4, 0.5) is 0 Å². The normalized spacial score (nSPS) is 10.5. The molecule has 0 amide bonds. The number of hydrogen-bond donors (Lipinski definition) is 1. The fourth-order valence-electron chi connectivity index (χ4n) is 1.11. The van der Waals surface area contributed by atoms with E-state index in [4.69, 9.17) is 10.5 Å². The van der Waals surface area contributed by atoms with Crippen molar-refractivity contribution in [1.29, 1.82) is 0 Å². The van der Waals surface area contributed by atoms with Gasteiger partial charge in [0.05, 0.1) is 5.56 Å². The number of carbonyl (C=O) groups excluding carboxylic acids is 1. The van der Waals surface area contributed by atoms with Gasteiger partial charge >= 0.3 is 5.97 Å². The Bertz CT molecular complexity index is 341. The van der Waals surface area contributed by atoms with Crippen LogP contribution in [0.5, 0.6) is 0 Å². The van der Waals surface area contributed by atoms with Crippen molar-refractivity contribution in [2.75, 3.05) is 0 Å². The van der Waals surface area contributed by atoms with Crippen LogP contribution in [0.1, 0.15) is 36.7 Å². The third kappa shape index (κ3) is 4.64. The molecule has 4 heteroatoms. The molecular formula is C12H18ClNO2. The fourth-order valence-corrected chi connectivity index (χ4v) is 1.11. The van der Waals surface area contributed by atoms with Gasteiger partial charge < -0.3 is 10.5 Å². The van der Waals surface area contributed by atoms with E-state index in [0.29, 0.717) is 12.1 Å². The Hall–Kier alpha value is -1.06. The lowest BCUT2D eigenvalue weighted by molar-refractivity contribution is 0.00695. The Balaban J connectivity index is 0.00000225. The Morgan fingerprint density at radius 2 is 1.75 bits per heavy atom. The van der Waals surface area contributed by atoms with Crippen LogP contribution in [0.25, 0.3) is 0 Å². The van der Waals surface area contributed by atoms with Crippen molar-refractivity contribution in [3.8, 4) is 0 Å². The molecule has 0 aliphatic rings. The number of benzene rings is 1. The van der Waals surface area contributed by atoms with Gasteiger partial charge in [-0.15, -0.1) is 12.4 Å². The summed E-state index contributed by atoms with van der Waals surface area (Å²) >= 11 is 0. The number of nitrogens with two attached hydrogens (primary N) is 1. The second-order valence-corrected chi connectivity index (χ2v) is 4.40. The Morgan fingerprint density at radius 1 is 1.25 bits per heavy atom. The zero-order valence-corrected chi connectivity index (χ0v) is 10.6. The molecule has 0 aliphatic carbocycles. The second-order valence-electron chi connectivity index (χ2n) is 4.40. The molecule has 0 aliphatic heterocycles. The van der Waals surface area contributed by atoms with Crippen molar-refractivity contribution in [2.24, 2.45) is 5.73 Å². The van der Waals surface area contributed by atoms with Gasteiger partial charge in [-0.25, -0.2) is 4.79 Å². The number of ether oxygens (including phenoxy) is 1. The molecule has 1 rings (SSSR count). The molecule has 1 aromatic carbocycles. The lowest BCUT2D eigenvalue weighted by Gasteiger charge is -2.19. The third-order valence-electron chi connectivity index (χ3n) is 1.82. The zero-order chi connectivity index (χ0) is 11.5. The minimum Gasteiger partial charge on any atom is -0.456 e. The van der Waals surface area contributed by atoms with Crippen molar-refractivity contribution in [3.63, 3.8) is 0 Å². The molecular weight excluding hydrogens is 226 g/mol. The molecule has 0 aromatic heterocycles. The third-order valence-corrected chi connectivity index (χ3v) is 1.82. The van der Waals surface area contributed by atoms with Crippen LogP contribution in [-0.4, -0.2) is 11.6 Å². The first-order valence-corrected chi connectivity index (χ1v) is 4.95. The van der Waals surface area contributed by atoms with Gasteiger partial charge in [-0.05, 0) is 38.5 Å². The summed E-state index contributed by atoms with van der Waals surface area (Å²) in [5.41, 5.74) is 6.57. The highest BCUT2D eigenvalue weighted by molar-refractivity contribution is 5.89. The predicted molar refractivity (Wildman–Crippen MR) is 66.7 cm³/mol. The summed E-state index contributed by atoms with van der Waals surface area (Å²) < 4.78 is 5.23. The molecule has 1 aromatic rings. The molecule has 0 saturated heterocycles. The first-order valence-electron chi connectivity index (χ1n) is 4.95. The summed E-state index contributed by atoms with van der Waals surface area (Å²) in [4.78, 5) is 11.6. The van der Waals surface area contributed by atoms with Crippen LogP contribution < -0.4 is 5.73 Å². The van der Waals surface area contributed by atoms with E-state index < -0.39 is 5.60 Å². The van der Waals surface area contributed by atoms with Crippen LogP contribution in [0, 0.1) is 0 Å². The number of esters is 1. The fraction of sp³-hybridized carbons (Fsp3) is 0.417. The predicted octanol–water partition coefficient (Wildman–Crippen LogP) is 2.52. The van der Waals surface area contributed by atoms with E-state index in [9.17, 15) is 4.79 Å². The van der Waals surface area contributed by atoms with Crippen LogP contribution in [0.3, 0.4) is 0 Å². The van der Waals surface area contributed by atoms with Gasteiger partial charge in [-0.1, -0.05) is 12.1 Å². The molecule has 0 fully saturated rings.